The van der Waals surface area contributed by atoms with E-state index < -0.39 is 0 Å². The van der Waals surface area contributed by atoms with Crippen molar-refractivity contribution < 1.29 is 9.59 Å². The molecule has 0 radical (unpaired) electrons. The first-order valence-electron chi connectivity index (χ1n) is 7.64. The number of carbonyl (C=O) groups excluding carboxylic acids is 2. The lowest BCUT2D eigenvalue weighted by molar-refractivity contribution is -0.119. The molecule has 0 spiro atoms. The molecule has 0 bridgehead atoms. The summed E-state index contributed by atoms with van der Waals surface area (Å²) in [5.41, 5.74) is 6.52. The van der Waals surface area contributed by atoms with Crippen LogP contribution in [0, 0.1) is 6.92 Å². The molecule has 0 aliphatic heterocycles. The Morgan fingerprint density at radius 2 is 2.04 bits per heavy atom. The van der Waals surface area contributed by atoms with Crippen molar-refractivity contribution in [3.05, 3.63) is 51.2 Å². The first kappa shape index (κ1) is 19.6. The molecule has 3 aromatic rings. The van der Waals surface area contributed by atoms with Crippen molar-refractivity contribution in [3.8, 4) is 0 Å². The summed E-state index contributed by atoms with van der Waals surface area (Å²) >= 11 is 9.96. The predicted molar refractivity (Wildman–Crippen MR) is 110 cm³/mol. The predicted octanol–water partition coefficient (Wildman–Crippen LogP) is 3.86. The molecule has 3 N–H and O–H groups in total. The number of amides is 2. The zero-order valence-electron chi connectivity index (χ0n) is 14.0. The summed E-state index contributed by atoms with van der Waals surface area (Å²) in [4.78, 5) is 24.1. The molecule has 2 aromatic heterocycles. The number of benzene rings is 1. The fourth-order valence-electron chi connectivity index (χ4n) is 1.94. The van der Waals surface area contributed by atoms with Gasteiger partial charge in [0.05, 0.1) is 10.6 Å². The van der Waals surface area contributed by atoms with Gasteiger partial charge in [-0.2, -0.15) is 0 Å². The van der Waals surface area contributed by atoms with Crippen molar-refractivity contribution in [2.45, 2.75) is 11.3 Å². The minimum absolute atomic E-state index is 0.107. The summed E-state index contributed by atoms with van der Waals surface area (Å²) in [7, 11) is 0. The number of carbonyl (C=O) groups is 2. The van der Waals surface area contributed by atoms with Gasteiger partial charge in [0.25, 0.3) is 5.91 Å². The number of thiophene rings is 1. The van der Waals surface area contributed by atoms with E-state index in [0.29, 0.717) is 19.4 Å². The summed E-state index contributed by atoms with van der Waals surface area (Å²) in [6.45, 7) is 1.91. The van der Waals surface area contributed by atoms with E-state index in [9.17, 15) is 9.59 Å². The van der Waals surface area contributed by atoms with Crippen LogP contribution in [0.15, 0.2) is 40.1 Å². The lowest BCUT2D eigenvalue weighted by atomic mass is 10.2. The Morgan fingerprint density at radius 3 is 2.81 bits per heavy atom. The summed E-state index contributed by atoms with van der Waals surface area (Å²) < 4.78 is 0.636. The first-order valence-corrected chi connectivity index (χ1v) is 10.7. The molecule has 0 fully saturated rings. The van der Waals surface area contributed by atoms with Gasteiger partial charge in [-0.1, -0.05) is 46.8 Å². The van der Waals surface area contributed by atoms with E-state index in [1.807, 2.05) is 25.1 Å². The maximum Gasteiger partial charge on any atom is 0.279 e. The highest BCUT2D eigenvalue weighted by atomic mass is 35.5. The highest BCUT2D eigenvalue weighted by Crippen LogP contribution is 2.30. The largest absolute Gasteiger partial charge is 0.330 e. The van der Waals surface area contributed by atoms with E-state index in [4.69, 9.17) is 11.6 Å². The number of aromatic nitrogens is 2. The smallest absolute Gasteiger partial charge is 0.279 e. The highest BCUT2D eigenvalue weighted by Gasteiger charge is 2.11. The van der Waals surface area contributed by atoms with Gasteiger partial charge in [-0.3, -0.25) is 20.4 Å². The summed E-state index contributed by atoms with van der Waals surface area (Å²) in [6.07, 6.45) is 0. The second-order valence-electron chi connectivity index (χ2n) is 5.18. The number of nitrogens with one attached hydrogen (secondary N) is 3. The fourth-order valence-corrected chi connectivity index (χ4v) is 4.29. The molecule has 27 heavy (non-hydrogen) atoms. The average molecular weight is 440 g/mol. The molecule has 2 heterocycles. The fraction of sp³-hybridized carbons (Fsp3) is 0.125. The Kier molecular flexibility index (Phi) is 6.67. The van der Waals surface area contributed by atoms with Crippen molar-refractivity contribution in [2.75, 3.05) is 11.1 Å². The van der Waals surface area contributed by atoms with Crippen molar-refractivity contribution in [1.29, 1.82) is 0 Å². The molecule has 0 saturated carbocycles. The number of hydrogen-bond donors (Lipinski definition) is 3. The van der Waals surface area contributed by atoms with Crippen LogP contribution in [0.2, 0.25) is 5.02 Å². The van der Waals surface area contributed by atoms with Gasteiger partial charge in [0, 0.05) is 10.7 Å². The normalized spacial score (nSPS) is 10.4. The second kappa shape index (κ2) is 9.18. The standard InChI is InChI=1S/C16H14ClN5O2S3/c1-9-10(17)4-2-5-11(9)18-15-21-22-16(27-15)26-8-13(23)19-20-14(24)12-6-3-7-25-12/h2-7H,8H2,1H3,(H,18,21)(H,19,23)(H,20,24). The molecule has 0 aliphatic rings. The van der Waals surface area contributed by atoms with E-state index in [1.54, 1.807) is 17.5 Å². The molecule has 0 atom stereocenters. The Balaban J connectivity index is 1.47. The van der Waals surface area contributed by atoms with Gasteiger partial charge in [0.2, 0.25) is 11.0 Å². The molecule has 7 nitrogen and oxygen atoms in total. The quantitative estimate of drug-likeness (QED) is 0.398. The van der Waals surface area contributed by atoms with Gasteiger partial charge in [0.15, 0.2) is 4.34 Å². The molecular weight excluding hydrogens is 426 g/mol. The molecule has 1 aromatic carbocycles. The van der Waals surface area contributed by atoms with Crippen molar-refractivity contribution >= 4 is 68.7 Å². The number of thioether (sulfide) groups is 1. The molecule has 11 heteroatoms. The third-order valence-electron chi connectivity index (χ3n) is 3.30. The van der Waals surface area contributed by atoms with Crippen LogP contribution in [0.25, 0.3) is 0 Å². The lowest BCUT2D eigenvalue weighted by Gasteiger charge is -2.07. The summed E-state index contributed by atoms with van der Waals surface area (Å²) in [5.74, 6) is -0.571. The third kappa shape index (κ3) is 5.42. The third-order valence-corrected chi connectivity index (χ3v) is 6.55. The molecule has 2 amide bonds. The van der Waals surface area contributed by atoms with Crippen LogP contribution >= 0.6 is 46.0 Å². The van der Waals surface area contributed by atoms with E-state index in [0.717, 1.165) is 11.3 Å². The van der Waals surface area contributed by atoms with Gasteiger partial charge < -0.3 is 5.32 Å². The number of hydrazine groups is 1. The topological polar surface area (TPSA) is 96.0 Å². The van der Waals surface area contributed by atoms with E-state index >= 15 is 0 Å². The van der Waals surface area contributed by atoms with E-state index in [-0.39, 0.29) is 17.6 Å². The number of halogens is 1. The Morgan fingerprint density at radius 1 is 1.19 bits per heavy atom. The minimum Gasteiger partial charge on any atom is -0.330 e. The van der Waals surface area contributed by atoms with Crippen LogP contribution in [0.5, 0.6) is 0 Å². The van der Waals surface area contributed by atoms with Gasteiger partial charge in [0.1, 0.15) is 0 Å². The van der Waals surface area contributed by atoms with Gasteiger partial charge in [-0.25, -0.2) is 0 Å². The number of rotatable bonds is 6. The van der Waals surface area contributed by atoms with Gasteiger partial charge >= 0.3 is 0 Å². The Bertz CT molecular complexity index is 945. The maximum absolute atomic E-state index is 11.9. The second-order valence-corrected chi connectivity index (χ2v) is 8.73. The lowest BCUT2D eigenvalue weighted by Crippen LogP contribution is -2.42. The van der Waals surface area contributed by atoms with E-state index in [1.165, 1.54) is 34.4 Å². The van der Waals surface area contributed by atoms with Crippen LogP contribution in [0.1, 0.15) is 15.2 Å². The molecule has 0 saturated heterocycles. The van der Waals surface area contributed by atoms with Crippen LogP contribution in [0.3, 0.4) is 0 Å². The van der Waals surface area contributed by atoms with Crippen molar-refractivity contribution in [2.24, 2.45) is 0 Å². The molecular formula is C16H14ClN5O2S3. The summed E-state index contributed by atoms with van der Waals surface area (Å²) in [6, 6.07) is 9.02. The molecule has 140 valence electrons. The zero-order valence-corrected chi connectivity index (χ0v) is 17.2. The van der Waals surface area contributed by atoms with Crippen molar-refractivity contribution in [3.63, 3.8) is 0 Å². The van der Waals surface area contributed by atoms with Gasteiger partial charge in [-0.05, 0) is 36.1 Å². The molecule has 0 aliphatic carbocycles. The maximum atomic E-state index is 11.9. The van der Waals surface area contributed by atoms with Crippen LogP contribution in [-0.4, -0.2) is 27.8 Å². The monoisotopic (exact) mass is 439 g/mol. The van der Waals surface area contributed by atoms with Crippen LogP contribution in [-0.2, 0) is 4.79 Å². The Labute approximate surface area is 172 Å². The molecule has 0 unspecified atom stereocenters. The molecule has 3 rings (SSSR count). The highest BCUT2D eigenvalue weighted by molar-refractivity contribution is 8.01. The Hall–Kier alpha value is -2.14. The average Bonchev–Trinajstić information content (AvgIpc) is 3.34. The minimum atomic E-state index is -0.345. The first-order chi connectivity index (χ1) is 13.0. The van der Waals surface area contributed by atoms with Crippen molar-refractivity contribution in [1.82, 2.24) is 21.0 Å². The van der Waals surface area contributed by atoms with Crippen LogP contribution in [0.4, 0.5) is 10.8 Å². The van der Waals surface area contributed by atoms with Crippen LogP contribution < -0.4 is 16.2 Å². The van der Waals surface area contributed by atoms with Gasteiger partial charge in [-0.15, -0.1) is 21.5 Å². The zero-order chi connectivity index (χ0) is 19.2. The number of nitrogens with zero attached hydrogens (tertiary/aromatic N) is 2. The number of anilines is 2. The van der Waals surface area contributed by atoms with E-state index in [2.05, 4.69) is 26.4 Å². The summed E-state index contributed by atoms with van der Waals surface area (Å²) in [5, 5.41) is 14.3. The number of hydrogen-bond acceptors (Lipinski definition) is 8. The SMILES string of the molecule is Cc1c(Cl)cccc1Nc1nnc(SCC(=O)NNC(=O)c2cccs2)s1.